The summed E-state index contributed by atoms with van der Waals surface area (Å²) >= 11 is 6.60. The Morgan fingerprint density at radius 2 is 1.88 bits per heavy atom. The van der Waals surface area contributed by atoms with Crippen molar-refractivity contribution in [1.29, 1.82) is 0 Å². The van der Waals surface area contributed by atoms with Gasteiger partial charge >= 0.3 is 5.97 Å². The van der Waals surface area contributed by atoms with E-state index in [9.17, 15) is 15.0 Å². The summed E-state index contributed by atoms with van der Waals surface area (Å²) in [6, 6.07) is 8.35. The van der Waals surface area contributed by atoms with E-state index < -0.39 is 12.1 Å². The molecule has 180 valence electrons. The zero-order chi connectivity index (χ0) is 23.7. The molecule has 2 rings (SSSR count). The summed E-state index contributed by atoms with van der Waals surface area (Å²) in [5.41, 5.74) is 1.87. The first-order valence-corrected chi connectivity index (χ1v) is 12.6. The first-order chi connectivity index (χ1) is 15.2. The lowest BCUT2D eigenvalue weighted by molar-refractivity contribution is -0.137. The fraction of sp³-hybridized carbons (Fsp3) is 0.667. The zero-order valence-corrected chi connectivity index (χ0v) is 20.6. The molecule has 0 aromatic heterocycles. The maximum Gasteiger partial charge on any atom is 0.303 e. The van der Waals surface area contributed by atoms with Gasteiger partial charge in [-0.25, -0.2) is 0 Å². The molecular weight excluding hydrogens is 424 g/mol. The highest BCUT2D eigenvalue weighted by Gasteiger charge is 2.41. The van der Waals surface area contributed by atoms with Crippen molar-refractivity contribution < 1.29 is 20.1 Å². The number of carboxylic acids is 1. The third-order valence-corrected chi connectivity index (χ3v) is 7.60. The van der Waals surface area contributed by atoms with E-state index in [1.54, 1.807) is 0 Å². The highest BCUT2D eigenvalue weighted by Crippen LogP contribution is 2.45. The molecule has 1 aliphatic carbocycles. The zero-order valence-electron chi connectivity index (χ0n) is 19.8. The van der Waals surface area contributed by atoms with Gasteiger partial charge in [-0.1, -0.05) is 76.5 Å². The van der Waals surface area contributed by atoms with Gasteiger partial charge in [0.1, 0.15) is 0 Å². The summed E-state index contributed by atoms with van der Waals surface area (Å²) in [6.45, 7) is 6.35. The molecule has 0 aliphatic heterocycles. The summed E-state index contributed by atoms with van der Waals surface area (Å²) in [7, 11) is 0. The molecule has 1 aliphatic rings. The summed E-state index contributed by atoms with van der Waals surface area (Å²) in [5.74, 6) is -0.646. The van der Waals surface area contributed by atoms with Crippen LogP contribution in [-0.2, 0) is 10.2 Å². The number of allylic oxidation sites excluding steroid dienone is 2. The molecule has 5 atom stereocenters. The molecule has 1 saturated carbocycles. The molecule has 0 radical (unpaired) electrons. The van der Waals surface area contributed by atoms with Gasteiger partial charge < -0.3 is 15.3 Å². The van der Waals surface area contributed by atoms with Crippen LogP contribution in [0.4, 0.5) is 0 Å². The van der Waals surface area contributed by atoms with E-state index in [2.05, 4.69) is 51.1 Å². The van der Waals surface area contributed by atoms with E-state index in [0.717, 1.165) is 49.7 Å². The minimum Gasteiger partial charge on any atom is -0.481 e. The normalized spacial score (nSPS) is 24.8. The number of halogens is 1. The molecule has 0 amide bonds. The Bertz CT molecular complexity index is 728. The third kappa shape index (κ3) is 7.33. The lowest BCUT2D eigenvalue weighted by Crippen LogP contribution is -2.33. The number of aliphatic hydroxyl groups excluding tert-OH is 2. The van der Waals surface area contributed by atoms with Crippen LogP contribution in [0, 0.1) is 5.92 Å². The van der Waals surface area contributed by atoms with Crippen molar-refractivity contribution in [2.45, 2.75) is 107 Å². The van der Waals surface area contributed by atoms with E-state index in [1.165, 1.54) is 0 Å². The van der Waals surface area contributed by atoms with Crippen molar-refractivity contribution >= 4 is 17.6 Å². The standard InChI is InChI=1S/C27H41ClO4/c1-4-5-8-12-24(30)27(2,3)20-16-14-19(15-17-20)26-21(22(28)18-23(26)29)11-9-6-7-10-13-25(31)32/h6,9,14-17,21-24,26,29-30H,4-5,7-8,10-13,18H2,1-3H3,(H,31,32)/b9-6-/t21-,22+,23+,24?,26+/m0/s1. The molecule has 1 unspecified atom stereocenters. The van der Waals surface area contributed by atoms with Crippen molar-refractivity contribution in [3.63, 3.8) is 0 Å². The van der Waals surface area contributed by atoms with Crippen LogP contribution < -0.4 is 0 Å². The fourth-order valence-corrected chi connectivity index (χ4v) is 5.29. The van der Waals surface area contributed by atoms with Crippen molar-refractivity contribution in [3.05, 3.63) is 47.5 Å². The second-order valence-electron chi connectivity index (χ2n) is 9.86. The first kappa shape index (κ1) is 26.9. The van der Waals surface area contributed by atoms with Gasteiger partial charge in [-0.2, -0.15) is 0 Å². The number of hydrogen-bond acceptors (Lipinski definition) is 3. The van der Waals surface area contributed by atoms with Crippen LogP contribution in [0.1, 0.15) is 95.6 Å². The van der Waals surface area contributed by atoms with E-state index in [1.807, 2.05) is 6.08 Å². The van der Waals surface area contributed by atoms with Crippen LogP contribution in [0.25, 0.3) is 0 Å². The van der Waals surface area contributed by atoms with Crippen LogP contribution in [0.15, 0.2) is 36.4 Å². The molecule has 0 saturated heterocycles. The number of benzene rings is 1. The molecule has 3 N–H and O–H groups in total. The number of carbonyl (C=O) groups is 1. The molecule has 0 spiro atoms. The number of unbranched alkanes of at least 4 members (excludes halogenated alkanes) is 3. The molecule has 1 fully saturated rings. The van der Waals surface area contributed by atoms with Crippen molar-refractivity contribution in [1.82, 2.24) is 0 Å². The maximum absolute atomic E-state index is 10.7. The highest BCUT2D eigenvalue weighted by atomic mass is 35.5. The molecule has 1 aromatic rings. The summed E-state index contributed by atoms with van der Waals surface area (Å²) < 4.78 is 0. The monoisotopic (exact) mass is 464 g/mol. The average molecular weight is 465 g/mol. The quantitative estimate of drug-likeness (QED) is 0.185. The molecule has 0 heterocycles. The minimum absolute atomic E-state index is 0.0205. The van der Waals surface area contributed by atoms with Crippen LogP contribution in [0.2, 0.25) is 0 Å². The van der Waals surface area contributed by atoms with Gasteiger partial charge in [-0.15, -0.1) is 11.6 Å². The number of alkyl halides is 1. The van der Waals surface area contributed by atoms with Gasteiger partial charge in [0, 0.05) is 23.1 Å². The largest absolute Gasteiger partial charge is 0.481 e. The lowest BCUT2D eigenvalue weighted by Gasteiger charge is -2.32. The Morgan fingerprint density at radius 3 is 2.50 bits per heavy atom. The van der Waals surface area contributed by atoms with E-state index in [0.29, 0.717) is 12.8 Å². The van der Waals surface area contributed by atoms with Crippen LogP contribution in [0.3, 0.4) is 0 Å². The van der Waals surface area contributed by atoms with Gasteiger partial charge in [0.25, 0.3) is 0 Å². The number of hydrogen-bond donors (Lipinski definition) is 3. The number of aliphatic carboxylic acids is 1. The van der Waals surface area contributed by atoms with Gasteiger partial charge in [0.2, 0.25) is 0 Å². The van der Waals surface area contributed by atoms with Crippen molar-refractivity contribution in [3.8, 4) is 0 Å². The number of rotatable bonds is 13. The Labute approximate surface area is 198 Å². The van der Waals surface area contributed by atoms with Crippen LogP contribution in [-0.4, -0.2) is 38.9 Å². The van der Waals surface area contributed by atoms with Crippen LogP contribution in [0.5, 0.6) is 0 Å². The lowest BCUT2D eigenvalue weighted by atomic mass is 9.76. The smallest absolute Gasteiger partial charge is 0.303 e. The third-order valence-electron chi connectivity index (χ3n) is 7.10. The minimum atomic E-state index is -0.765. The predicted octanol–water partition coefficient (Wildman–Crippen LogP) is 6.18. The van der Waals surface area contributed by atoms with Gasteiger partial charge in [0.15, 0.2) is 0 Å². The Balaban J connectivity index is 2.05. The van der Waals surface area contributed by atoms with E-state index in [4.69, 9.17) is 16.7 Å². The first-order valence-electron chi connectivity index (χ1n) is 12.2. The molecular formula is C27H41ClO4. The van der Waals surface area contributed by atoms with Crippen LogP contribution >= 0.6 is 11.6 Å². The summed E-state index contributed by atoms with van der Waals surface area (Å²) in [5, 5.41) is 30.1. The highest BCUT2D eigenvalue weighted by molar-refractivity contribution is 6.21. The van der Waals surface area contributed by atoms with Crippen molar-refractivity contribution in [2.24, 2.45) is 5.92 Å². The number of carboxylic acid groups (broad SMARTS) is 1. The summed E-state index contributed by atoms with van der Waals surface area (Å²) in [6.07, 6.45) is 10.3. The second-order valence-corrected chi connectivity index (χ2v) is 10.4. The Kier molecular flexibility index (Phi) is 10.7. The molecule has 5 heteroatoms. The van der Waals surface area contributed by atoms with Crippen molar-refractivity contribution in [2.75, 3.05) is 0 Å². The Morgan fingerprint density at radius 1 is 1.19 bits per heavy atom. The predicted molar refractivity (Wildman–Crippen MR) is 131 cm³/mol. The molecule has 1 aromatic carbocycles. The fourth-order valence-electron chi connectivity index (χ4n) is 4.84. The Hall–Kier alpha value is -1.36. The van der Waals surface area contributed by atoms with Gasteiger partial charge in [-0.3, -0.25) is 4.79 Å². The van der Waals surface area contributed by atoms with E-state index >= 15 is 0 Å². The number of aliphatic hydroxyl groups is 2. The van der Waals surface area contributed by atoms with E-state index in [-0.39, 0.29) is 35.2 Å². The molecule has 32 heavy (non-hydrogen) atoms. The topological polar surface area (TPSA) is 77.8 Å². The molecule has 4 nitrogen and oxygen atoms in total. The molecule has 0 bridgehead atoms. The average Bonchev–Trinajstić information content (AvgIpc) is 3.03. The maximum atomic E-state index is 10.7. The SMILES string of the molecule is CCCCCC(O)C(C)(C)c1ccc([C@@H]2[C@@H](C/C=C\CCCC(=O)O)[C@H](Cl)C[C@H]2O)cc1. The van der Waals surface area contributed by atoms with Gasteiger partial charge in [-0.05, 0) is 49.1 Å². The summed E-state index contributed by atoms with van der Waals surface area (Å²) in [4.78, 5) is 10.6. The second kappa shape index (κ2) is 12.8. The van der Waals surface area contributed by atoms with Gasteiger partial charge in [0.05, 0.1) is 12.2 Å².